The molecule has 1 aliphatic carbocycles. The van der Waals surface area contributed by atoms with E-state index in [4.69, 9.17) is 5.84 Å². The first kappa shape index (κ1) is 11.1. The predicted octanol–water partition coefficient (Wildman–Crippen LogP) is 2.01. The van der Waals surface area contributed by atoms with Crippen LogP contribution >= 0.6 is 0 Å². The lowest BCUT2D eigenvalue weighted by atomic mass is 10.1. The highest BCUT2D eigenvalue weighted by Crippen LogP contribution is 2.40. The van der Waals surface area contributed by atoms with Crippen LogP contribution in [-0.2, 0) is 0 Å². The third kappa shape index (κ3) is 2.04. The number of rotatable bonds is 3. The Morgan fingerprint density at radius 3 is 2.83 bits per heavy atom. The van der Waals surface area contributed by atoms with E-state index in [1.165, 1.54) is 12.8 Å². The van der Waals surface area contributed by atoms with Crippen molar-refractivity contribution in [2.24, 2.45) is 5.84 Å². The van der Waals surface area contributed by atoms with Gasteiger partial charge >= 0.3 is 0 Å². The van der Waals surface area contributed by atoms with Gasteiger partial charge < -0.3 is 5.43 Å². The van der Waals surface area contributed by atoms with Crippen LogP contribution in [0.4, 0.5) is 5.82 Å². The molecule has 2 aromatic rings. The van der Waals surface area contributed by atoms with Crippen LogP contribution in [0.1, 0.15) is 30.0 Å². The summed E-state index contributed by atoms with van der Waals surface area (Å²) >= 11 is 0. The van der Waals surface area contributed by atoms with Crippen LogP contribution in [0.2, 0.25) is 0 Å². The minimum absolute atomic E-state index is 0.566. The van der Waals surface area contributed by atoms with Crippen molar-refractivity contribution in [1.29, 1.82) is 0 Å². The van der Waals surface area contributed by atoms with Crippen molar-refractivity contribution in [2.75, 3.05) is 5.43 Å². The van der Waals surface area contributed by atoms with Crippen LogP contribution < -0.4 is 11.3 Å². The Balaban J connectivity index is 2.10. The topological polar surface area (TPSA) is 76.7 Å². The summed E-state index contributed by atoms with van der Waals surface area (Å²) in [6, 6.07) is 3.88. The molecule has 1 fully saturated rings. The first-order valence-corrected chi connectivity index (χ1v) is 6.04. The van der Waals surface area contributed by atoms with Crippen LogP contribution in [-0.4, -0.2) is 15.0 Å². The molecular formula is C13H15N5. The summed E-state index contributed by atoms with van der Waals surface area (Å²) in [6.07, 6.45) is 5.96. The Morgan fingerprint density at radius 2 is 2.17 bits per heavy atom. The number of pyridine rings is 1. The van der Waals surface area contributed by atoms with Gasteiger partial charge in [0, 0.05) is 35.6 Å². The Hall–Kier alpha value is -2.01. The molecule has 0 saturated heterocycles. The third-order valence-corrected chi connectivity index (χ3v) is 3.17. The molecular weight excluding hydrogens is 226 g/mol. The molecule has 0 spiro atoms. The fourth-order valence-electron chi connectivity index (χ4n) is 1.95. The molecule has 1 aliphatic rings. The van der Waals surface area contributed by atoms with E-state index in [0.717, 1.165) is 16.8 Å². The highest BCUT2D eigenvalue weighted by Gasteiger charge is 2.26. The van der Waals surface area contributed by atoms with E-state index < -0.39 is 0 Å². The first-order valence-electron chi connectivity index (χ1n) is 6.04. The van der Waals surface area contributed by atoms with Gasteiger partial charge in [-0.3, -0.25) is 4.98 Å². The van der Waals surface area contributed by atoms with Crippen LogP contribution in [0.25, 0.3) is 11.4 Å². The molecule has 0 radical (unpaired) electrons. The number of nitrogen functional groups attached to an aromatic ring is 1. The van der Waals surface area contributed by atoms with Crippen molar-refractivity contribution >= 4 is 5.82 Å². The number of hydrogen-bond donors (Lipinski definition) is 2. The van der Waals surface area contributed by atoms with Crippen LogP contribution in [0.3, 0.4) is 0 Å². The molecule has 3 N–H and O–H groups in total. The molecule has 0 atom stereocenters. The zero-order valence-corrected chi connectivity index (χ0v) is 10.2. The average Bonchev–Trinajstić information content (AvgIpc) is 3.23. The SMILES string of the molecule is Cc1ccncc1-c1nc(NN)cc(C2CC2)n1. The van der Waals surface area contributed by atoms with E-state index in [0.29, 0.717) is 17.6 Å². The summed E-state index contributed by atoms with van der Waals surface area (Å²) in [5.41, 5.74) is 5.74. The van der Waals surface area contributed by atoms with Crippen LogP contribution in [0, 0.1) is 6.92 Å². The Morgan fingerprint density at radius 1 is 1.33 bits per heavy atom. The second kappa shape index (κ2) is 4.34. The van der Waals surface area contributed by atoms with E-state index >= 15 is 0 Å². The largest absolute Gasteiger partial charge is 0.308 e. The Bertz CT molecular complexity index is 577. The monoisotopic (exact) mass is 241 g/mol. The Labute approximate surface area is 105 Å². The fraction of sp³-hybridized carbons (Fsp3) is 0.308. The minimum atomic E-state index is 0.566. The molecule has 0 aliphatic heterocycles. The van der Waals surface area contributed by atoms with Crippen molar-refractivity contribution in [3.05, 3.63) is 35.8 Å². The van der Waals surface area contributed by atoms with E-state index in [-0.39, 0.29) is 0 Å². The number of hydrazine groups is 1. The normalized spacial score (nSPS) is 14.6. The van der Waals surface area contributed by atoms with Gasteiger partial charge in [-0.25, -0.2) is 15.8 Å². The van der Waals surface area contributed by atoms with Crippen molar-refractivity contribution in [3.8, 4) is 11.4 Å². The highest BCUT2D eigenvalue weighted by atomic mass is 15.3. The maximum Gasteiger partial charge on any atom is 0.163 e. The van der Waals surface area contributed by atoms with Crippen LogP contribution in [0.15, 0.2) is 24.5 Å². The molecule has 0 unspecified atom stereocenters. The number of nitrogens with two attached hydrogens (primary N) is 1. The maximum absolute atomic E-state index is 5.47. The van der Waals surface area contributed by atoms with Gasteiger partial charge in [0.25, 0.3) is 0 Å². The van der Waals surface area contributed by atoms with Crippen molar-refractivity contribution in [1.82, 2.24) is 15.0 Å². The molecule has 1 saturated carbocycles. The van der Waals surface area contributed by atoms with Gasteiger partial charge in [-0.2, -0.15) is 0 Å². The van der Waals surface area contributed by atoms with E-state index in [2.05, 4.69) is 20.4 Å². The lowest BCUT2D eigenvalue weighted by Crippen LogP contribution is -2.10. The first-order chi connectivity index (χ1) is 8.78. The zero-order valence-electron chi connectivity index (χ0n) is 10.2. The van der Waals surface area contributed by atoms with Gasteiger partial charge in [-0.05, 0) is 31.4 Å². The molecule has 0 aromatic carbocycles. The number of aromatic nitrogens is 3. The highest BCUT2D eigenvalue weighted by molar-refractivity contribution is 5.60. The summed E-state index contributed by atoms with van der Waals surface area (Å²) < 4.78 is 0. The second-order valence-electron chi connectivity index (χ2n) is 4.61. The van der Waals surface area contributed by atoms with Crippen molar-refractivity contribution < 1.29 is 0 Å². The molecule has 3 rings (SSSR count). The zero-order chi connectivity index (χ0) is 12.5. The van der Waals surface area contributed by atoms with E-state index in [1.807, 2.05) is 19.1 Å². The smallest absolute Gasteiger partial charge is 0.163 e. The fourth-order valence-corrected chi connectivity index (χ4v) is 1.95. The third-order valence-electron chi connectivity index (χ3n) is 3.17. The number of anilines is 1. The van der Waals surface area contributed by atoms with Gasteiger partial charge in [-0.1, -0.05) is 0 Å². The summed E-state index contributed by atoms with van der Waals surface area (Å²) in [5.74, 6) is 7.38. The molecule has 18 heavy (non-hydrogen) atoms. The average molecular weight is 241 g/mol. The van der Waals surface area contributed by atoms with E-state index in [1.54, 1.807) is 12.4 Å². The van der Waals surface area contributed by atoms with Gasteiger partial charge in [0.05, 0.1) is 0 Å². The maximum atomic E-state index is 5.47. The number of nitrogens with zero attached hydrogens (tertiary/aromatic N) is 3. The summed E-state index contributed by atoms with van der Waals surface area (Å²) in [7, 11) is 0. The molecule has 2 heterocycles. The van der Waals surface area contributed by atoms with Gasteiger partial charge in [0.2, 0.25) is 0 Å². The quantitative estimate of drug-likeness (QED) is 0.635. The van der Waals surface area contributed by atoms with Crippen LogP contribution in [0.5, 0.6) is 0 Å². The number of aryl methyl sites for hydroxylation is 1. The molecule has 0 amide bonds. The van der Waals surface area contributed by atoms with Gasteiger partial charge in [-0.15, -0.1) is 0 Å². The molecule has 5 heteroatoms. The number of hydrogen-bond acceptors (Lipinski definition) is 5. The second-order valence-corrected chi connectivity index (χ2v) is 4.61. The van der Waals surface area contributed by atoms with Gasteiger partial charge in [0.15, 0.2) is 5.82 Å². The van der Waals surface area contributed by atoms with Gasteiger partial charge in [0.1, 0.15) is 5.82 Å². The summed E-state index contributed by atoms with van der Waals surface area (Å²) in [6.45, 7) is 2.03. The van der Waals surface area contributed by atoms with Crippen molar-refractivity contribution in [3.63, 3.8) is 0 Å². The molecule has 0 bridgehead atoms. The van der Waals surface area contributed by atoms with Crippen molar-refractivity contribution in [2.45, 2.75) is 25.7 Å². The summed E-state index contributed by atoms with van der Waals surface area (Å²) in [5, 5.41) is 0. The standard InChI is InChI=1S/C13H15N5/c1-8-4-5-15-7-10(8)13-16-11(9-2-3-9)6-12(17-13)18-14/h4-7,9H,2-3,14H2,1H3,(H,16,17,18). The number of nitrogens with one attached hydrogen (secondary N) is 1. The summed E-state index contributed by atoms with van der Waals surface area (Å²) in [4.78, 5) is 13.2. The lowest BCUT2D eigenvalue weighted by Gasteiger charge is -2.08. The Kier molecular flexibility index (Phi) is 2.68. The molecule has 5 nitrogen and oxygen atoms in total. The minimum Gasteiger partial charge on any atom is -0.308 e. The molecule has 92 valence electrons. The molecule has 2 aromatic heterocycles. The lowest BCUT2D eigenvalue weighted by molar-refractivity contribution is 0.988. The predicted molar refractivity (Wildman–Crippen MR) is 69.8 cm³/mol. The van der Waals surface area contributed by atoms with E-state index in [9.17, 15) is 0 Å².